The van der Waals surface area contributed by atoms with Gasteiger partial charge in [-0.25, -0.2) is 0 Å². The van der Waals surface area contributed by atoms with Crippen LogP contribution in [-0.4, -0.2) is 42.8 Å². The van der Waals surface area contributed by atoms with Crippen LogP contribution in [0.15, 0.2) is 47.6 Å². The number of H-pyrrole nitrogens is 1. The Hall–Kier alpha value is -2.42. The molecule has 6 nitrogen and oxygen atoms in total. The highest BCUT2D eigenvalue weighted by Gasteiger charge is 2.08. The fourth-order valence-electron chi connectivity index (χ4n) is 3.45. The van der Waals surface area contributed by atoms with Crippen molar-refractivity contribution in [2.24, 2.45) is 4.99 Å². The molecule has 4 N–H and O–H groups in total. The number of rotatable bonds is 8. The summed E-state index contributed by atoms with van der Waals surface area (Å²) in [5.41, 5.74) is 4.60. The molecule has 1 heterocycles. The first kappa shape index (κ1) is 23.9. The number of fused-ring (bicyclic) bond motifs is 1. The zero-order chi connectivity index (χ0) is 20.6. The molecule has 0 amide bonds. The average molecular weight is 522 g/mol. The van der Waals surface area contributed by atoms with Crippen molar-refractivity contribution in [1.29, 1.82) is 0 Å². The van der Waals surface area contributed by atoms with Crippen LogP contribution in [0.1, 0.15) is 23.6 Å². The van der Waals surface area contributed by atoms with Gasteiger partial charge in [-0.3, -0.25) is 4.99 Å². The lowest BCUT2D eigenvalue weighted by Crippen LogP contribution is -2.38. The van der Waals surface area contributed by atoms with E-state index in [4.69, 9.17) is 4.74 Å². The minimum atomic E-state index is 0. The Morgan fingerprint density at radius 1 is 1.10 bits per heavy atom. The zero-order valence-corrected chi connectivity index (χ0v) is 20.1. The van der Waals surface area contributed by atoms with Crippen LogP contribution in [0.25, 0.3) is 10.9 Å². The summed E-state index contributed by atoms with van der Waals surface area (Å²) in [6, 6.07) is 11.9. The SMILES string of the molecule is CCNC(=NCCc1cccc(OC)c1O)NCCc1c[nH]c2c(C)cccc12.I. The summed E-state index contributed by atoms with van der Waals surface area (Å²) < 4.78 is 5.16. The first-order chi connectivity index (χ1) is 14.1. The maximum Gasteiger partial charge on any atom is 0.191 e. The third-order valence-corrected chi connectivity index (χ3v) is 4.99. The number of aromatic nitrogens is 1. The number of phenolic OH excluding ortho intramolecular Hbond substituents is 1. The molecular formula is C23H31IN4O2. The number of methoxy groups -OCH3 is 1. The maximum atomic E-state index is 10.2. The predicted molar refractivity (Wildman–Crippen MR) is 134 cm³/mol. The lowest BCUT2D eigenvalue weighted by Gasteiger charge is -2.12. The highest BCUT2D eigenvalue weighted by atomic mass is 127. The molecule has 0 fully saturated rings. The van der Waals surface area contributed by atoms with E-state index in [0.29, 0.717) is 18.7 Å². The molecule has 0 aliphatic rings. The third kappa shape index (κ3) is 5.81. The highest BCUT2D eigenvalue weighted by Crippen LogP contribution is 2.29. The second-order valence-corrected chi connectivity index (χ2v) is 6.97. The van der Waals surface area contributed by atoms with E-state index < -0.39 is 0 Å². The van der Waals surface area contributed by atoms with Gasteiger partial charge in [0, 0.05) is 36.7 Å². The van der Waals surface area contributed by atoms with Crippen molar-refractivity contribution in [3.8, 4) is 11.5 Å². The lowest BCUT2D eigenvalue weighted by molar-refractivity contribution is 0.370. The first-order valence-electron chi connectivity index (χ1n) is 10.1. The number of guanidine groups is 1. The van der Waals surface area contributed by atoms with Gasteiger partial charge in [0.1, 0.15) is 0 Å². The van der Waals surface area contributed by atoms with Gasteiger partial charge in [0.25, 0.3) is 0 Å². The van der Waals surface area contributed by atoms with Crippen molar-refractivity contribution in [3.63, 3.8) is 0 Å². The lowest BCUT2D eigenvalue weighted by atomic mass is 10.1. The van der Waals surface area contributed by atoms with Gasteiger partial charge in [-0.2, -0.15) is 0 Å². The van der Waals surface area contributed by atoms with Gasteiger partial charge in [-0.05, 0) is 49.4 Å². The van der Waals surface area contributed by atoms with Crippen molar-refractivity contribution in [2.75, 3.05) is 26.7 Å². The van der Waals surface area contributed by atoms with Crippen molar-refractivity contribution in [3.05, 3.63) is 59.3 Å². The average Bonchev–Trinajstić information content (AvgIpc) is 3.14. The molecule has 0 unspecified atom stereocenters. The van der Waals surface area contributed by atoms with Gasteiger partial charge in [-0.15, -0.1) is 24.0 Å². The van der Waals surface area contributed by atoms with E-state index in [9.17, 15) is 5.11 Å². The standard InChI is InChI=1S/C23H30N4O2.HI/c1-4-24-23(25-13-11-17-8-6-10-20(29-3)22(17)28)26-14-12-18-15-27-21-16(2)7-5-9-19(18)21;/h5-10,15,27-28H,4,11-14H2,1-3H3,(H2,24,25,26);1H. The van der Waals surface area contributed by atoms with Crippen LogP contribution < -0.4 is 15.4 Å². The molecule has 0 aliphatic heterocycles. The summed E-state index contributed by atoms with van der Waals surface area (Å²) in [6.07, 6.45) is 3.64. The number of benzene rings is 2. The molecule has 0 saturated carbocycles. The number of phenols is 1. The number of nitrogens with zero attached hydrogens (tertiary/aromatic N) is 1. The first-order valence-corrected chi connectivity index (χ1v) is 10.1. The van der Waals surface area contributed by atoms with E-state index in [-0.39, 0.29) is 29.7 Å². The van der Waals surface area contributed by atoms with Gasteiger partial charge in [-0.1, -0.05) is 30.3 Å². The smallest absolute Gasteiger partial charge is 0.191 e. The molecular weight excluding hydrogens is 491 g/mol. The van der Waals surface area contributed by atoms with Gasteiger partial charge < -0.3 is 25.5 Å². The molecule has 0 atom stereocenters. The molecule has 0 aliphatic carbocycles. The Bertz CT molecular complexity index is 984. The van der Waals surface area contributed by atoms with Crippen LogP contribution in [0.2, 0.25) is 0 Å². The second kappa shape index (κ2) is 11.7. The largest absolute Gasteiger partial charge is 0.504 e. The van der Waals surface area contributed by atoms with Crippen molar-refractivity contribution in [2.45, 2.75) is 26.7 Å². The van der Waals surface area contributed by atoms with E-state index in [1.165, 1.54) is 22.0 Å². The van der Waals surface area contributed by atoms with Crippen LogP contribution >= 0.6 is 24.0 Å². The van der Waals surface area contributed by atoms with Gasteiger partial charge in [0.2, 0.25) is 0 Å². The molecule has 0 bridgehead atoms. The second-order valence-electron chi connectivity index (χ2n) is 6.97. The Balaban J connectivity index is 0.00000320. The van der Waals surface area contributed by atoms with Crippen LogP contribution in [0.3, 0.4) is 0 Å². The van der Waals surface area contributed by atoms with Gasteiger partial charge in [0.05, 0.1) is 7.11 Å². The number of aryl methyl sites for hydroxylation is 1. The Morgan fingerprint density at radius 3 is 2.67 bits per heavy atom. The van der Waals surface area contributed by atoms with E-state index in [1.54, 1.807) is 13.2 Å². The van der Waals surface area contributed by atoms with Gasteiger partial charge in [0.15, 0.2) is 17.5 Å². The molecule has 1 aromatic heterocycles. The van der Waals surface area contributed by atoms with Crippen molar-refractivity contribution in [1.82, 2.24) is 15.6 Å². The molecule has 162 valence electrons. The number of aromatic hydroxyl groups is 1. The Labute approximate surface area is 195 Å². The molecule has 0 spiro atoms. The number of hydrogen-bond donors (Lipinski definition) is 4. The Morgan fingerprint density at radius 2 is 1.90 bits per heavy atom. The number of ether oxygens (including phenoxy) is 1. The molecule has 30 heavy (non-hydrogen) atoms. The number of aliphatic imine (C=N–C) groups is 1. The minimum Gasteiger partial charge on any atom is -0.504 e. The summed E-state index contributed by atoms with van der Waals surface area (Å²) >= 11 is 0. The summed E-state index contributed by atoms with van der Waals surface area (Å²) in [6.45, 7) is 6.33. The van der Waals surface area contributed by atoms with E-state index in [0.717, 1.165) is 31.0 Å². The number of aromatic amines is 1. The topological polar surface area (TPSA) is 81.7 Å². The summed E-state index contributed by atoms with van der Waals surface area (Å²) in [4.78, 5) is 8.01. The van der Waals surface area contributed by atoms with E-state index >= 15 is 0 Å². The van der Waals surface area contributed by atoms with Crippen LogP contribution in [0, 0.1) is 6.92 Å². The van der Waals surface area contributed by atoms with Crippen LogP contribution in [0.4, 0.5) is 0 Å². The van der Waals surface area contributed by atoms with Crippen LogP contribution in [-0.2, 0) is 12.8 Å². The van der Waals surface area contributed by atoms with Crippen molar-refractivity contribution < 1.29 is 9.84 Å². The number of hydrogen-bond acceptors (Lipinski definition) is 3. The number of para-hydroxylation sites is 2. The Kier molecular flexibility index (Phi) is 9.29. The van der Waals surface area contributed by atoms with E-state index in [1.807, 2.05) is 19.1 Å². The van der Waals surface area contributed by atoms with E-state index in [2.05, 4.69) is 51.9 Å². The minimum absolute atomic E-state index is 0. The van der Waals surface area contributed by atoms with Crippen molar-refractivity contribution >= 4 is 40.8 Å². The maximum absolute atomic E-state index is 10.2. The molecule has 7 heteroatoms. The monoisotopic (exact) mass is 522 g/mol. The number of halogens is 1. The molecule has 3 rings (SSSR count). The number of nitrogens with one attached hydrogen (secondary N) is 3. The quantitative estimate of drug-likeness (QED) is 0.204. The molecule has 3 aromatic rings. The normalized spacial score (nSPS) is 11.2. The zero-order valence-electron chi connectivity index (χ0n) is 17.8. The highest BCUT2D eigenvalue weighted by molar-refractivity contribution is 14.0. The molecule has 0 radical (unpaired) electrons. The predicted octanol–water partition coefficient (Wildman–Crippen LogP) is 4.15. The summed E-state index contributed by atoms with van der Waals surface area (Å²) in [5, 5.41) is 18.2. The summed E-state index contributed by atoms with van der Waals surface area (Å²) in [7, 11) is 1.55. The molecule has 0 saturated heterocycles. The summed E-state index contributed by atoms with van der Waals surface area (Å²) in [5.74, 6) is 1.47. The van der Waals surface area contributed by atoms with Gasteiger partial charge >= 0.3 is 0 Å². The fourth-order valence-corrected chi connectivity index (χ4v) is 3.45. The molecule has 2 aromatic carbocycles. The van der Waals surface area contributed by atoms with Crippen LogP contribution in [0.5, 0.6) is 11.5 Å². The fraction of sp³-hybridized carbons (Fsp3) is 0.348. The third-order valence-electron chi connectivity index (χ3n) is 4.99.